The van der Waals surface area contributed by atoms with Gasteiger partial charge in [-0.3, -0.25) is 0 Å². The van der Waals surface area contributed by atoms with Crippen LogP contribution in [0.15, 0.2) is 11.6 Å². The Hall–Kier alpha value is -0.610. The zero-order chi connectivity index (χ0) is 9.86. The minimum absolute atomic E-state index is 0.714. The first-order valence-electron chi connectivity index (χ1n) is 5.19. The molecule has 4 heteroatoms. The Bertz CT molecular complexity index is 266. The van der Waals surface area contributed by atoms with Gasteiger partial charge in [-0.1, -0.05) is 12.8 Å². The largest absolute Gasteiger partial charge is 0.371 e. The Morgan fingerprint density at radius 1 is 1.29 bits per heavy atom. The summed E-state index contributed by atoms with van der Waals surface area (Å²) in [6.07, 6.45) is 8.12. The number of anilines is 1. The van der Waals surface area contributed by atoms with Gasteiger partial charge in [0, 0.05) is 11.6 Å². The van der Waals surface area contributed by atoms with E-state index in [0.717, 1.165) is 30.8 Å². The molecule has 2 N–H and O–H groups in total. The molecule has 0 radical (unpaired) electrons. The molecular weight excluding hydrogens is 196 g/mol. The Labute approximate surface area is 88.2 Å². The molecule has 0 amide bonds. The maximum atomic E-state index is 10.3. The topological polar surface area (TPSA) is 45.1 Å². The van der Waals surface area contributed by atoms with E-state index in [1.807, 2.05) is 5.38 Å². The Kier molecular flexibility index (Phi) is 3.03. The normalized spacial score (nSPS) is 21.5. The zero-order valence-electron chi connectivity index (χ0n) is 8.20. The molecule has 0 spiro atoms. The molecule has 0 atom stereocenters. The number of hydrogen-bond acceptors (Lipinski definition) is 4. The third-order valence-corrected chi connectivity index (χ3v) is 3.39. The first kappa shape index (κ1) is 9.93. The van der Waals surface area contributed by atoms with Crippen molar-refractivity contribution < 1.29 is 5.11 Å². The Morgan fingerprint density at radius 2 is 2.00 bits per heavy atom. The lowest BCUT2D eigenvalue weighted by Gasteiger charge is -2.27. The highest BCUT2D eigenvalue weighted by molar-refractivity contribution is 7.13. The van der Waals surface area contributed by atoms with Crippen LogP contribution in [0.2, 0.25) is 0 Å². The second-order valence-electron chi connectivity index (χ2n) is 3.91. The molecule has 0 aliphatic heterocycles. The van der Waals surface area contributed by atoms with Crippen molar-refractivity contribution in [1.29, 1.82) is 0 Å². The molecule has 3 nitrogen and oxygen atoms in total. The van der Waals surface area contributed by atoms with E-state index < -0.39 is 5.72 Å². The lowest BCUT2D eigenvalue weighted by atomic mass is 10.1. The van der Waals surface area contributed by atoms with Crippen LogP contribution in [0.25, 0.3) is 0 Å². The Morgan fingerprint density at radius 3 is 2.57 bits per heavy atom. The van der Waals surface area contributed by atoms with Crippen LogP contribution < -0.4 is 5.32 Å². The van der Waals surface area contributed by atoms with Gasteiger partial charge in [-0.05, 0) is 25.7 Å². The van der Waals surface area contributed by atoms with E-state index in [4.69, 9.17) is 0 Å². The molecule has 14 heavy (non-hydrogen) atoms. The van der Waals surface area contributed by atoms with E-state index in [9.17, 15) is 5.11 Å². The van der Waals surface area contributed by atoms with Crippen LogP contribution in [-0.4, -0.2) is 15.8 Å². The van der Waals surface area contributed by atoms with Gasteiger partial charge in [0.2, 0.25) is 0 Å². The summed E-state index contributed by atoms with van der Waals surface area (Å²) < 4.78 is 0. The van der Waals surface area contributed by atoms with E-state index in [1.165, 1.54) is 24.2 Å². The van der Waals surface area contributed by atoms with Crippen LogP contribution in [0.5, 0.6) is 0 Å². The van der Waals surface area contributed by atoms with Gasteiger partial charge in [0.05, 0.1) is 0 Å². The second-order valence-corrected chi connectivity index (χ2v) is 4.80. The van der Waals surface area contributed by atoms with E-state index >= 15 is 0 Å². The molecule has 0 saturated heterocycles. The van der Waals surface area contributed by atoms with Crippen molar-refractivity contribution in [2.45, 2.75) is 44.2 Å². The van der Waals surface area contributed by atoms with Crippen LogP contribution in [-0.2, 0) is 0 Å². The predicted molar refractivity (Wildman–Crippen MR) is 58.4 cm³/mol. The molecule has 1 saturated carbocycles. The molecule has 1 fully saturated rings. The molecule has 1 heterocycles. The average Bonchev–Trinajstić information content (AvgIpc) is 2.55. The number of rotatable bonds is 2. The summed E-state index contributed by atoms with van der Waals surface area (Å²) in [7, 11) is 0. The van der Waals surface area contributed by atoms with Gasteiger partial charge in [0.1, 0.15) is 5.72 Å². The van der Waals surface area contributed by atoms with Gasteiger partial charge in [0.15, 0.2) is 5.13 Å². The van der Waals surface area contributed by atoms with Gasteiger partial charge in [-0.25, -0.2) is 4.98 Å². The van der Waals surface area contributed by atoms with Crippen molar-refractivity contribution in [2.75, 3.05) is 5.32 Å². The number of aromatic nitrogens is 1. The predicted octanol–water partition coefficient (Wildman–Crippen LogP) is 2.60. The van der Waals surface area contributed by atoms with E-state index in [0.29, 0.717) is 0 Å². The van der Waals surface area contributed by atoms with Crippen molar-refractivity contribution in [3.8, 4) is 0 Å². The standard InChI is InChI=1S/C10H16N2OS/c13-10(5-3-1-2-4-6-10)12-9-11-7-8-14-9/h7-8,13H,1-6H2,(H,11,12). The molecule has 0 aromatic carbocycles. The number of hydrogen-bond donors (Lipinski definition) is 2. The molecule has 2 rings (SSSR count). The first-order chi connectivity index (χ1) is 6.79. The SMILES string of the molecule is OC1(Nc2nccs2)CCCCCC1. The van der Waals surface area contributed by atoms with Crippen molar-refractivity contribution >= 4 is 16.5 Å². The minimum Gasteiger partial charge on any atom is -0.371 e. The monoisotopic (exact) mass is 212 g/mol. The van der Waals surface area contributed by atoms with E-state index in [1.54, 1.807) is 6.20 Å². The van der Waals surface area contributed by atoms with Crippen molar-refractivity contribution in [3.05, 3.63) is 11.6 Å². The van der Waals surface area contributed by atoms with Gasteiger partial charge >= 0.3 is 0 Å². The van der Waals surface area contributed by atoms with Crippen molar-refractivity contribution in [1.82, 2.24) is 4.98 Å². The van der Waals surface area contributed by atoms with Crippen molar-refractivity contribution in [3.63, 3.8) is 0 Å². The number of nitrogens with zero attached hydrogens (tertiary/aromatic N) is 1. The maximum absolute atomic E-state index is 10.3. The third kappa shape index (κ3) is 2.45. The summed E-state index contributed by atoms with van der Waals surface area (Å²) in [5, 5.41) is 16.2. The maximum Gasteiger partial charge on any atom is 0.184 e. The molecule has 1 aromatic heterocycles. The first-order valence-corrected chi connectivity index (χ1v) is 6.07. The summed E-state index contributed by atoms with van der Waals surface area (Å²) >= 11 is 1.54. The molecular formula is C10H16N2OS. The third-order valence-electron chi connectivity index (χ3n) is 2.70. The van der Waals surface area contributed by atoms with Gasteiger partial charge in [-0.2, -0.15) is 0 Å². The summed E-state index contributed by atoms with van der Waals surface area (Å²) in [6.45, 7) is 0. The van der Waals surface area contributed by atoms with Gasteiger partial charge in [-0.15, -0.1) is 11.3 Å². The highest BCUT2D eigenvalue weighted by Gasteiger charge is 2.28. The van der Waals surface area contributed by atoms with Crippen LogP contribution in [0, 0.1) is 0 Å². The second kappa shape index (κ2) is 4.28. The summed E-state index contributed by atoms with van der Waals surface area (Å²) in [6, 6.07) is 0. The molecule has 1 aliphatic rings. The number of nitrogens with one attached hydrogen (secondary N) is 1. The minimum atomic E-state index is -0.714. The van der Waals surface area contributed by atoms with Crippen LogP contribution >= 0.6 is 11.3 Å². The lowest BCUT2D eigenvalue weighted by molar-refractivity contribution is 0.0540. The number of aliphatic hydroxyl groups is 1. The fourth-order valence-electron chi connectivity index (χ4n) is 1.92. The number of thiazole rings is 1. The summed E-state index contributed by atoms with van der Waals surface area (Å²) in [4.78, 5) is 4.13. The molecule has 78 valence electrons. The molecule has 0 unspecified atom stereocenters. The molecule has 1 aliphatic carbocycles. The van der Waals surface area contributed by atoms with Crippen molar-refractivity contribution in [2.24, 2.45) is 0 Å². The summed E-state index contributed by atoms with van der Waals surface area (Å²) in [5.41, 5.74) is -0.714. The lowest BCUT2D eigenvalue weighted by Crippen LogP contribution is -2.37. The van der Waals surface area contributed by atoms with Crippen LogP contribution in [0.3, 0.4) is 0 Å². The average molecular weight is 212 g/mol. The van der Waals surface area contributed by atoms with Crippen LogP contribution in [0.4, 0.5) is 5.13 Å². The zero-order valence-corrected chi connectivity index (χ0v) is 9.02. The Balaban J connectivity index is 1.99. The fraction of sp³-hybridized carbons (Fsp3) is 0.700. The van der Waals surface area contributed by atoms with Crippen LogP contribution in [0.1, 0.15) is 38.5 Å². The smallest absolute Gasteiger partial charge is 0.184 e. The van der Waals surface area contributed by atoms with E-state index in [-0.39, 0.29) is 0 Å². The highest BCUT2D eigenvalue weighted by atomic mass is 32.1. The van der Waals surface area contributed by atoms with E-state index in [2.05, 4.69) is 10.3 Å². The molecule has 0 bridgehead atoms. The fourth-order valence-corrected chi connectivity index (χ4v) is 2.54. The molecule has 1 aromatic rings. The highest BCUT2D eigenvalue weighted by Crippen LogP contribution is 2.28. The summed E-state index contributed by atoms with van der Waals surface area (Å²) in [5.74, 6) is 0. The van der Waals surface area contributed by atoms with Gasteiger partial charge in [0.25, 0.3) is 0 Å². The quantitative estimate of drug-likeness (QED) is 0.585. The van der Waals surface area contributed by atoms with Gasteiger partial charge < -0.3 is 10.4 Å².